The molecule has 7 heteroatoms. The van der Waals surface area contributed by atoms with Gasteiger partial charge in [0, 0.05) is 43.6 Å². The zero-order valence-corrected chi connectivity index (χ0v) is 20.2. The minimum atomic E-state index is -0.277. The average molecular weight is 472 g/mol. The van der Waals surface area contributed by atoms with Crippen LogP contribution in [0.4, 0.5) is 10.2 Å². The monoisotopic (exact) mass is 471 g/mol. The van der Waals surface area contributed by atoms with E-state index in [2.05, 4.69) is 22.0 Å². The van der Waals surface area contributed by atoms with Gasteiger partial charge in [0.2, 0.25) is 5.91 Å². The maximum Gasteiger partial charge on any atom is 0.227 e. The molecule has 0 N–H and O–H groups in total. The van der Waals surface area contributed by atoms with Gasteiger partial charge in [0.1, 0.15) is 18.0 Å². The molecule has 0 spiro atoms. The van der Waals surface area contributed by atoms with Gasteiger partial charge in [0.15, 0.2) is 5.65 Å². The van der Waals surface area contributed by atoms with Crippen LogP contribution in [-0.2, 0) is 4.79 Å². The molecule has 1 unspecified atom stereocenters. The first-order valence-electron chi connectivity index (χ1n) is 12.3. The van der Waals surface area contributed by atoms with Crippen molar-refractivity contribution in [2.45, 2.75) is 26.7 Å². The van der Waals surface area contributed by atoms with Gasteiger partial charge < -0.3 is 14.4 Å². The minimum Gasteiger partial charge on any atom is -0.355 e. The van der Waals surface area contributed by atoms with Crippen LogP contribution in [0.5, 0.6) is 0 Å². The van der Waals surface area contributed by atoms with Crippen LogP contribution in [0, 0.1) is 11.7 Å². The Labute approximate surface area is 205 Å². The van der Waals surface area contributed by atoms with Gasteiger partial charge in [0.25, 0.3) is 0 Å². The third-order valence-electron chi connectivity index (χ3n) is 6.90. The van der Waals surface area contributed by atoms with Crippen LogP contribution in [0.25, 0.3) is 27.8 Å². The fourth-order valence-electron chi connectivity index (χ4n) is 5.09. The van der Waals surface area contributed by atoms with Crippen molar-refractivity contribution in [3.05, 3.63) is 72.9 Å². The number of hydrogen-bond donors (Lipinski definition) is 0. The lowest BCUT2D eigenvalue weighted by Gasteiger charge is -2.35. The molecule has 1 aliphatic heterocycles. The second-order valence-corrected chi connectivity index (χ2v) is 8.95. The van der Waals surface area contributed by atoms with Crippen molar-refractivity contribution in [3.63, 3.8) is 0 Å². The highest BCUT2D eigenvalue weighted by Gasteiger charge is 2.30. The molecule has 4 aromatic rings. The van der Waals surface area contributed by atoms with E-state index in [9.17, 15) is 9.18 Å². The third kappa shape index (κ3) is 4.38. The summed E-state index contributed by atoms with van der Waals surface area (Å²) in [6.45, 7) is 6.98. The number of amides is 1. The van der Waals surface area contributed by atoms with E-state index < -0.39 is 0 Å². The maximum absolute atomic E-state index is 13.6. The van der Waals surface area contributed by atoms with E-state index in [1.165, 1.54) is 12.1 Å². The summed E-state index contributed by atoms with van der Waals surface area (Å²) in [5.41, 5.74) is 3.66. The van der Waals surface area contributed by atoms with E-state index in [-0.39, 0.29) is 17.6 Å². The predicted molar refractivity (Wildman–Crippen MR) is 137 cm³/mol. The normalized spacial score (nSPS) is 16.0. The summed E-state index contributed by atoms with van der Waals surface area (Å²) in [5.74, 6) is 0.734. The molecule has 1 fully saturated rings. The molecule has 1 amide bonds. The number of fused-ring (bicyclic) bond motifs is 1. The Morgan fingerprint density at radius 2 is 1.80 bits per heavy atom. The van der Waals surface area contributed by atoms with Crippen molar-refractivity contribution in [1.29, 1.82) is 0 Å². The highest BCUT2D eigenvalue weighted by atomic mass is 19.1. The lowest BCUT2D eigenvalue weighted by molar-refractivity contribution is -0.135. The van der Waals surface area contributed by atoms with Crippen LogP contribution in [0.2, 0.25) is 0 Å². The van der Waals surface area contributed by atoms with E-state index in [4.69, 9.17) is 4.98 Å². The van der Waals surface area contributed by atoms with Crippen molar-refractivity contribution >= 4 is 22.8 Å². The number of carbonyl (C=O) groups is 1. The van der Waals surface area contributed by atoms with Crippen molar-refractivity contribution in [1.82, 2.24) is 19.4 Å². The summed E-state index contributed by atoms with van der Waals surface area (Å²) in [4.78, 5) is 26.7. The largest absolute Gasteiger partial charge is 0.355 e. The number of anilines is 1. The fourth-order valence-corrected chi connectivity index (χ4v) is 5.09. The Morgan fingerprint density at radius 1 is 1.06 bits per heavy atom. The molecule has 2 aromatic heterocycles. The van der Waals surface area contributed by atoms with Gasteiger partial charge in [-0.15, -0.1) is 0 Å². The Kier molecular flexibility index (Phi) is 6.49. The van der Waals surface area contributed by atoms with E-state index in [1.54, 1.807) is 18.5 Å². The predicted octanol–water partition coefficient (Wildman–Crippen LogP) is 5.31. The van der Waals surface area contributed by atoms with Gasteiger partial charge in [-0.05, 0) is 56.5 Å². The lowest BCUT2D eigenvalue weighted by atomic mass is 9.96. The third-order valence-corrected chi connectivity index (χ3v) is 6.90. The Balaban J connectivity index is 1.62. The number of hydrogen-bond acceptors (Lipinski definition) is 4. The van der Waals surface area contributed by atoms with Crippen LogP contribution in [0.3, 0.4) is 0 Å². The number of carbonyl (C=O) groups excluding carboxylic acids is 1. The molecular weight excluding hydrogens is 441 g/mol. The molecule has 0 aliphatic carbocycles. The van der Waals surface area contributed by atoms with Crippen molar-refractivity contribution in [2.24, 2.45) is 5.92 Å². The van der Waals surface area contributed by atoms with Gasteiger partial charge in [-0.25, -0.2) is 14.4 Å². The van der Waals surface area contributed by atoms with E-state index in [0.717, 1.165) is 66.1 Å². The van der Waals surface area contributed by atoms with Gasteiger partial charge in [0.05, 0.1) is 11.3 Å². The van der Waals surface area contributed by atoms with Gasteiger partial charge in [-0.1, -0.05) is 30.3 Å². The summed E-state index contributed by atoms with van der Waals surface area (Å²) in [7, 11) is 0. The summed E-state index contributed by atoms with van der Waals surface area (Å²) >= 11 is 0. The van der Waals surface area contributed by atoms with Crippen molar-refractivity contribution in [3.8, 4) is 16.8 Å². The molecule has 1 saturated heterocycles. The number of benzene rings is 2. The number of rotatable bonds is 6. The van der Waals surface area contributed by atoms with Gasteiger partial charge >= 0.3 is 0 Å². The summed E-state index contributed by atoms with van der Waals surface area (Å²) < 4.78 is 15.6. The Morgan fingerprint density at radius 3 is 2.51 bits per heavy atom. The maximum atomic E-state index is 13.6. The molecule has 0 bridgehead atoms. The van der Waals surface area contributed by atoms with Crippen LogP contribution in [0.1, 0.15) is 26.7 Å². The molecule has 0 saturated carbocycles. The number of nitrogens with zero attached hydrogens (tertiary/aromatic N) is 5. The first-order valence-corrected chi connectivity index (χ1v) is 12.3. The second kappa shape index (κ2) is 9.86. The van der Waals surface area contributed by atoms with E-state index in [0.29, 0.717) is 6.54 Å². The summed E-state index contributed by atoms with van der Waals surface area (Å²) in [5, 5.41) is 0.943. The smallest absolute Gasteiger partial charge is 0.227 e. The molecule has 6 nitrogen and oxygen atoms in total. The molecule has 5 rings (SSSR count). The van der Waals surface area contributed by atoms with Crippen LogP contribution < -0.4 is 4.90 Å². The Bertz CT molecular complexity index is 1310. The van der Waals surface area contributed by atoms with Gasteiger partial charge in [-0.3, -0.25) is 4.79 Å². The van der Waals surface area contributed by atoms with Crippen molar-refractivity contribution < 1.29 is 9.18 Å². The number of halogens is 1. The van der Waals surface area contributed by atoms with Crippen LogP contribution in [0.15, 0.2) is 67.1 Å². The topological polar surface area (TPSA) is 54.3 Å². The molecule has 0 radical (unpaired) electrons. The highest BCUT2D eigenvalue weighted by molar-refractivity contribution is 6.02. The standard InChI is InChI=1S/C28H30FN5O/c1-3-32(4-2)28(35)21-11-8-16-33(17-21)26-25-24(20-9-6-5-7-10-20)18-34(27(25)31-19-30-26)23-14-12-22(29)13-15-23/h5-7,9-10,12-15,18-19,21H,3-4,8,11,16-17H2,1-2H3. The van der Waals surface area contributed by atoms with Crippen LogP contribution in [-0.4, -0.2) is 51.5 Å². The van der Waals surface area contributed by atoms with E-state index >= 15 is 0 Å². The SMILES string of the molecule is CCN(CC)C(=O)C1CCCN(c2ncnc3c2c(-c2ccccc2)cn3-c2ccc(F)cc2)C1. The molecule has 35 heavy (non-hydrogen) atoms. The van der Waals surface area contributed by atoms with Gasteiger partial charge in [-0.2, -0.15) is 0 Å². The number of piperidine rings is 1. The molecule has 1 aliphatic rings. The molecular formula is C28H30FN5O. The summed E-state index contributed by atoms with van der Waals surface area (Å²) in [6.07, 6.45) is 5.46. The minimum absolute atomic E-state index is 0.0481. The van der Waals surface area contributed by atoms with E-state index in [1.807, 2.05) is 47.7 Å². The first-order chi connectivity index (χ1) is 17.1. The fraction of sp³-hybridized carbons (Fsp3) is 0.321. The average Bonchev–Trinajstić information content (AvgIpc) is 3.30. The highest BCUT2D eigenvalue weighted by Crippen LogP contribution is 2.38. The quantitative estimate of drug-likeness (QED) is 0.382. The molecule has 180 valence electrons. The first kappa shape index (κ1) is 23.0. The lowest BCUT2D eigenvalue weighted by Crippen LogP contribution is -2.45. The Hall–Kier alpha value is -3.74. The molecule has 2 aromatic carbocycles. The number of aromatic nitrogens is 3. The zero-order chi connectivity index (χ0) is 24.4. The van der Waals surface area contributed by atoms with Crippen molar-refractivity contribution in [2.75, 3.05) is 31.1 Å². The van der Waals surface area contributed by atoms with Crippen LogP contribution >= 0.6 is 0 Å². The zero-order valence-electron chi connectivity index (χ0n) is 20.2. The molecule has 3 heterocycles. The second-order valence-electron chi connectivity index (χ2n) is 8.95. The molecule has 1 atom stereocenters. The summed E-state index contributed by atoms with van der Waals surface area (Å²) in [6, 6.07) is 16.6.